The quantitative estimate of drug-likeness (QED) is 0.200. The molecule has 39 heavy (non-hydrogen) atoms. The van der Waals surface area contributed by atoms with Gasteiger partial charge in [0.15, 0.2) is 11.6 Å². The molecule has 2 saturated heterocycles. The smallest absolute Gasteiger partial charge is 0.378 e. The van der Waals surface area contributed by atoms with E-state index in [0.29, 0.717) is 55.5 Å². The Morgan fingerprint density at radius 2 is 1.92 bits per heavy atom. The lowest BCUT2D eigenvalue weighted by Crippen LogP contribution is -2.37. The predicted molar refractivity (Wildman–Crippen MR) is 138 cm³/mol. The summed E-state index contributed by atoms with van der Waals surface area (Å²) >= 11 is 0. The lowest BCUT2D eigenvalue weighted by molar-refractivity contribution is -0.137. The minimum Gasteiger partial charge on any atom is -0.378 e. The summed E-state index contributed by atoms with van der Waals surface area (Å²) in [7, 11) is 0. The average molecular weight is 546 g/mol. The van der Waals surface area contributed by atoms with Crippen LogP contribution in [-0.2, 0) is 10.9 Å². The first kappa shape index (κ1) is 26.7. The zero-order valence-corrected chi connectivity index (χ0v) is 21.0. The molecule has 0 aliphatic carbocycles. The maximum absolute atomic E-state index is 14.2. The number of benzene rings is 1. The summed E-state index contributed by atoms with van der Waals surface area (Å²) in [6, 6.07) is 7.03. The van der Waals surface area contributed by atoms with Crippen LogP contribution in [0.15, 0.2) is 47.8 Å². The number of ether oxygens (including phenoxy) is 1. The number of hydrogen-bond donors (Lipinski definition) is 4. The van der Waals surface area contributed by atoms with E-state index in [9.17, 15) is 17.6 Å². The van der Waals surface area contributed by atoms with Crippen molar-refractivity contribution in [3.63, 3.8) is 0 Å². The van der Waals surface area contributed by atoms with Crippen molar-refractivity contribution in [3.8, 4) is 0 Å². The number of nitrogens with zero attached hydrogens (tertiary/aromatic N) is 5. The number of hydrazone groups is 1. The summed E-state index contributed by atoms with van der Waals surface area (Å²) in [6.07, 6.45) is -0.490. The first-order valence-electron chi connectivity index (χ1n) is 12.3. The molecule has 3 aromatic rings. The van der Waals surface area contributed by atoms with Crippen molar-refractivity contribution in [1.82, 2.24) is 25.8 Å². The maximum Gasteiger partial charge on any atom is 0.416 e. The third-order valence-corrected chi connectivity index (χ3v) is 6.37. The van der Waals surface area contributed by atoms with E-state index in [4.69, 9.17) is 4.74 Å². The molecule has 2 unspecified atom stereocenters. The molecule has 4 N–H and O–H groups in total. The van der Waals surface area contributed by atoms with Crippen LogP contribution < -0.4 is 26.5 Å². The van der Waals surface area contributed by atoms with Crippen molar-refractivity contribution < 1.29 is 22.3 Å². The van der Waals surface area contributed by atoms with Gasteiger partial charge in [0.25, 0.3) is 0 Å². The van der Waals surface area contributed by atoms with E-state index in [1.165, 1.54) is 18.5 Å². The van der Waals surface area contributed by atoms with Crippen molar-refractivity contribution in [2.24, 2.45) is 11.0 Å². The van der Waals surface area contributed by atoms with Gasteiger partial charge >= 0.3 is 6.18 Å². The van der Waals surface area contributed by atoms with Crippen LogP contribution in [0.2, 0.25) is 0 Å². The molecule has 0 spiro atoms. The fourth-order valence-corrected chi connectivity index (χ4v) is 4.36. The Labute approximate surface area is 221 Å². The Bertz CT molecular complexity index is 1310. The van der Waals surface area contributed by atoms with Crippen molar-refractivity contribution >= 4 is 29.4 Å². The molecule has 10 nitrogen and oxygen atoms in total. The highest BCUT2D eigenvalue weighted by molar-refractivity contribution is 5.78. The highest BCUT2D eigenvalue weighted by Gasteiger charge is 2.33. The van der Waals surface area contributed by atoms with Gasteiger partial charge in [-0.1, -0.05) is 6.92 Å². The molecule has 4 heterocycles. The van der Waals surface area contributed by atoms with Gasteiger partial charge < -0.3 is 15.0 Å². The molecular weight excluding hydrogens is 518 g/mol. The Balaban J connectivity index is 1.25. The fraction of sp³-hybridized carbons (Fsp3) is 0.360. The van der Waals surface area contributed by atoms with Crippen LogP contribution in [0.25, 0.3) is 0 Å². The first-order valence-corrected chi connectivity index (χ1v) is 12.3. The Hall–Kier alpha value is -3.88. The summed E-state index contributed by atoms with van der Waals surface area (Å²) in [5, 5.41) is 7.06. The van der Waals surface area contributed by atoms with Crippen LogP contribution in [0, 0.1) is 11.7 Å². The third kappa shape index (κ3) is 6.58. The van der Waals surface area contributed by atoms with Crippen molar-refractivity contribution in [2.45, 2.75) is 19.1 Å². The van der Waals surface area contributed by atoms with Gasteiger partial charge in [0, 0.05) is 25.3 Å². The van der Waals surface area contributed by atoms with Gasteiger partial charge in [-0.2, -0.15) is 23.3 Å². The monoisotopic (exact) mass is 545 g/mol. The van der Waals surface area contributed by atoms with E-state index in [1.54, 1.807) is 23.1 Å². The molecule has 0 radical (unpaired) electrons. The van der Waals surface area contributed by atoms with Crippen LogP contribution >= 0.6 is 0 Å². The summed E-state index contributed by atoms with van der Waals surface area (Å²) in [5.74, 6) is -0.114. The molecule has 0 saturated carbocycles. The van der Waals surface area contributed by atoms with E-state index in [1.807, 2.05) is 6.92 Å². The number of aromatic nitrogens is 3. The molecule has 14 heteroatoms. The number of alkyl halides is 3. The normalized spacial score (nSPS) is 20.0. The van der Waals surface area contributed by atoms with Crippen LogP contribution in [0.5, 0.6) is 0 Å². The maximum atomic E-state index is 14.2. The van der Waals surface area contributed by atoms with E-state index < -0.39 is 17.6 Å². The molecule has 2 fully saturated rings. The van der Waals surface area contributed by atoms with Gasteiger partial charge in [-0.05, 0) is 41.8 Å². The van der Waals surface area contributed by atoms with Gasteiger partial charge in [0.1, 0.15) is 0 Å². The van der Waals surface area contributed by atoms with Gasteiger partial charge in [-0.15, -0.1) is 0 Å². The second-order valence-electron chi connectivity index (χ2n) is 9.25. The van der Waals surface area contributed by atoms with E-state index in [0.717, 1.165) is 12.3 Å². The topological polar surface area (TPSA) is 112 Å². The average Bonchev–Trinajstić information content (AvgIpc) is 3.36. The van der Waals surface area contributed by atoms with Crippen molar-refractivity contribution in [3.05, 3.63) is 65.4 Å². The fourth-order valence-electron chi connectivity index (χ4n) is 4.36. The lowest BCUT2D eigenvalue weighted by Gasteiger charge is -2.27. The largest absolute Gasteiger partial charge is 0.416 e. The van der Waals surface area contributed by atoms with Crippen molar-refractivity contribution in [1.29, 1.82) is 0 Å². The number of anilines is 4. The predicted octanol–water partition coefficient (Wildman–Crippen LogP) is 3.84. The molecule has 2 aromatic heterocycles. The highest BCUT2D eigenvalue weighted by atomic mass is 19.4. The zero-order valence-electron chi connectivity index (χ0n) is 21.0. The van der Waals surface area contributed by atoms with E-state index in [-0.39, 0.29) is 23.7 Å². The molecule has 0 amide bonds. The zero-order chi connectivity index (χ0) is 27.4. The number of pyridine rings is 1. The van der Waals surface area contributed by atoms with Gasteiger partial charge in [0.05, 0.1) is 54.8 Å². The Morgan fingerprint density at radius 3 is 2.62 bits per heavy atom. The molecule has 0 bridgehead atoms. The van der Waals surface area contributed by atoms with E-state index >= 15 is 0 Å². The molecule has 2 aliphatic heterocycles. The first-order chi connectivity index (χ1) is 18.8. The minimum absolute atomic E-state index is 0.119. The number of nitrogens with one attached hydrogen (secondary N) is 4. The number of rotatable bonds is 7. The highest BCUT2D eigenvalue weighted by Crippen LogP contribution is 2.36. The van der Waals surface area contributed by atoms with Crippen LogP contribution in [-0.4, -0.2) is 54.0 Å². The van der Waals surface area contributed by atoms with Crippen LogP contribution in [0.3, 0.4) is 0 Å². The molecule has 5 rings (SSSR count). The number of morpholine rings is 1. The summed E-state index contributed by atoms with van der Waals surface area (Å²) in [5.41, 5.74) is 9.78. The van der Waals surface area contributed by atoms with E-state index in [2.05, 4.69) is 41.6 Å². The second-order valence-corrected chi connectivity index (χ2v) is 9.25. The molecule has 206 valence electrons. The van der Waals surface area contributed by atoms with Crippen molar-refractivity contribution in [2.75, 3.05) is 48.5 Å². The SMILES string of the molecule is CC1CNNC1c1cc(Nc2ccc(/C=N/Nc3ncc(F)c(N4CCOCC4)n3)nc2)cc(C(F)(F)F)c1. The standard InChI is InChI=1S/C25H27F4N9O/c1-15-11-32-36-22(15)16-8-17(25(27,28)29)10-20(9-16)34-19-3-2-18(30-12-19)13-33-37-24-31-14-21(26)23(35-24)38-4-6-39-7-5-38/h2-3,8-10,12-15,22,32,34,36H,4-7,11H2,1H3,(H,31,35,37)/b33-13+. The number of hydrazine groups is 1. The summed E-state index contributed by atoms with van der Waals surface area (Å²) in [4.78, 5) is 14.1. The molecular formula is C25H27F4N9O. The minimum atomic E-state index is -4.48. The molecule has 2 atom stereocenters. The molecule has 2 aliphatic rings. The number of halogens is 4. The number of hydrogen-bond acceptors (Lipinski definition) is 10. The van der Waals surface area contributed by atoms with Gasteiger partial charge in [0.2, 0.25) is 5.95 Å². The Morgan fingerprint density at radius 1 is 1.10 bits per heavy atom. The lowest BCUT2D eigenvalue weighted by atomic mass is 9.94. The van der Waals surface area contributed by atoms with Gasteiger partial charge in [-0.25, -0.2) is 14.8 Å². The summed E-state index contributed by atoms with van der Waals surface area (Å²) in [6.45, 7) is 4.66. The van der Waals surface area contributed by atoms with Crippen LogP contribution in [0.4, 0.5) is 40.7 Å². The Kier molecular flexibility index (Phi) is 7.86. The molecule has 1 aromatic carbocycles. The third-order valence-electron chi connectivity index (χ3n) is 6.37. The summed E-state index contributed by atoms with van der Waals surface area (Å²) < 4.78 is 60.2. The van der Waals surface area contributed by atoms with Crippen LogP contribution in [0.1, 0.15) is 29.8 Å². The second kappa shape index (κ2) is 11.5. The van der Waals surface area contributed by atoms with Gasteiger partial charge in [-0.3, -0.25) is 15.8 Å².